The van der Waals surface area contributed by atoms with Crippen LogP contribution in [0.3, 0.4) is 0 Å². The zero-order valence-corrected chi connectivity index (χ0v) is 10.7. The first-order valence-corrected chi connectivity index (χ1v) is 6.02. The maximum Gasteiger partial charge on any atom is 0.356 e. The second-order valence-electron chi connectivity index (χ2n) is 4.27. The van der Waals surface area contributed by atoms with E-state index in [2.05, 4.69) is 5.10 Å². The van der Waals surface area contributed by atoms with Crippen molar-refractivity contribution in [2.45, 2.75) is 12.8 Å². The Bertz CT molecular complexity index is 686. The van der Waals surface area contributed by atoms with Crippen molar-refractivity contribution in [1.29, 1.82) is 0 Å². The number of carboxylic acids is 1. The first kappa shape index (κ1) is 15.0. The van der Waals surface area contributed by atoms with Gasteiger partial charge in [-0.15, -0.1) is 0 Å². The molecule has 0 aliphatic carbocycles. The van der Waals surface area contributed by atoms with Gasteiger partial charge in [0.25, 0.3) is 0 Å². The highest BCUT2D eigenvalue weighted by Crippen LogP contribution is 2.20. The minimum absolute atomic E-state index is 0.149. The molecule has 0 unspecified atom stereocenters. The zero-order chi connectivity index (χ0) is 15.6. The molecule has 0 saturated heterocycles. The third kappa shape index (κ3) is 2.89. The van der Waals surface area contributed by atoms with Crippen molar-refractivity contribution in [3.63, 3.8) is 0 Å². The molecule has 0 aliphatic heterocycles. The van der Waals surface area contributed by atoms with Crippen molar-refractivity contribution < 1.29 is 28.2 Å². The Hall–Kier alpha value is -2.35. The normalized spacial score (nSPS) is 10.9. The fourth-order valence-corrected chi connectivity index (χ4v) is 1.86. The number of benzene rings is 1. The van der Waals surface area contributed by atoms with Crippen LogP contribution in [0.15, 0.2) is 18.3 Å². The van der Waals surface area contributed by atoms with Gasteiger partial charge in [-0.05, 0) is 25.0 Å². The van der Waals surface area contributed by atoms with E-state index in [-0.39, 0.29) is 24.3 Å². The molecular formula is C13H11F3N2O3. The predicted molar refractivity (Wildman–Crippen MR) is 65.8 cm³/mol. The number of aliphatic hydroxyl groups is 1. The highest BCUT2D eigenvalue weighted by atomic mass is 19.2. The summed E-state index contributed by atoms with van der Waals surface area (Å²) in [6, 6.07) is 1.69. The number of carbonyl (C=O) groups is 1. The summed E-state index contributed by atoms with van der Waals surface area (Å²) >= 11 is 0. The monoisotopic (exact) mass is 300 g/mol. The number of aryl methyl sites for hydroxylation is 1. The molecule has 112 valence electrons. The summed E-state index contributed by atoms with van der Waals surface area (Å²) in [6.07, 6.45) is 1.73. The molecule has 1 heterocycles. The lowest BCUT2D eigenvalue weighted by Crippen LogP contribution is -2.05. The molecule has 0 atom stereocenters. The molecule has 2 aromatic rings. The van der Waals surface area contributed by atoms with Gasteiger partial charge in [0.2, 0.25) is 0 Å². The minimum Gasteiger partial charge on any atom is -0.476 e. The number of halogens is 3. The van der Waals surface area contributed by atoms with Crippen molar-refractivity contribution >= 4 is 5.97 Å². The summed E-state index contributed by atoms with van der Waals surface area (Å²) in [5.74, 6) is -5.79. The fourth-order valence-electron chi connectivity index (χ4n) is 1.86. The Kier molecular flexibility index (Phi) is 4.27. The third-order valence-corrected chi connectivity index (χ3v) is 2.86. The number of hydrogen-bond acceptors (Lipinski definition) is 3. The summed E-state index contributed by atoms with van der Waals surface area (Å²) in [4.78, 5) is 11.1. The predicted octanol–water partition coefficient (Wildman–Crippen LogP) is 1.91. The van der Waals surface area contributed by atoms with Gasteiger partial charge in [-0.3, -0.25) is 0 Å². The number of aromatic carboxylic acids is 1. The van der Waals surface area contributed by atoms with Crippen LogP contribution in [0, 0.1) is 17.5 Å². The topological polar surface area (TPSA) is 75.3 Å². The molecule has 2 N–H and O–H groups in total. The molecule has 0 bridgehead atoms. The first-order valence-electron chi connectivity index (χ1n) is 6.02. The van der Waals surface area contributed by atoms with Crippen molar-refractivity contribution in [2.75, 3.05) is 6.61 Å². The molecule has 8 heteroatoms. The van der Waals surface area contributed by atoms with E-state index in [1.807, 2.05) is 0 Å². The van der Waals surface area contributed by atoms with Gasteiger partial charge in [0.05, 0.1) is 0 Å². The van der Waals surface area contributed by atoms with Gasteiger partial charge in [0.15, 0.2) is 23.1 Å². The number of nitrogens with zero attached hydrogens (tertiary/aromatic N) is 2. The molecule has 0 spiro atoms. The molecule has 1 aromatic carbocycles. The van der Waals surface area contributed by atoms with Crippen LogP contribution in [-0.4, -0.2) is 32.6 Å². The van der Waals surface area contributed by atoms with Crippen LogP contribution in [0.5, 0.6) is 0 Å². The quantitative estimate of drug-likeness (QED) is 0.827. The van der Waals surface area contributed by atoms with E-state index in [0.29, 0.717) is 6.42 Å². The molecular weight excluding hydrogens is 289 g/mol. The molecule has 21 heavy (non-hydrogen) atoms. The molecule has 0 saturated carbocycles. The Morgan fingerprint density at radius 1 is 1.24 bits per heavy atom. The molecule has 0 amide bonds. The van der Waals surface area contributed by atoms with E-state index in [0.717, 1.165) is 16.8 Å². The molecule has 1 aromatic heterocycles. The van der Waals surface area contributed by atoms with Crippen molar-refractivity contribution in [2.24, 2.45) is 0 Å². The summed E-state index contributed by atoms with van der Waals surface area (Å²) < 4.78 is 40.6. The van der Waals surface area contributed by atoms with Crippen LogP contribution in [0.4, 0.5) is 13.2 Å². The molecule has 0 radical (unpaired) electrons. The van der Waals surface area contributed by atoms with Crippen LogP contribution in [0.1, 0.15) is 22.5 Å². The second kappa shape index (κ2) is 5.96. The minimum atomic E-state index is -1.66. The van der Waals surface area contributed by atoms with Crippen LogP contribution in [-0.2, 0) is 6.42 Å². The Labute approximate surface area is 117 Å². The molecule has 2 rings (SSSR count). The lowest BCUT2D eigenvalue weighted by Gasteiger charge is -2.04. The SMILES string of the molecule is O=C(O)c1nn(-c2ccc(F)c(F)c2F)cc1CCCO. The number of aliphatic hydroxyl groups excluding tert-OH is 1. The standard InChI is InChI=1S/C13H11F3N2O3/c14-8-3-4-9(11(16)10(8)15)18-6-7(2-1-5-19)12(17-18)13(20)21/h3-4,6,19H,1-2,5H2,(H,20,21). The zero-order valence-electron chi connectivity index (χ0n) is 10.7. The Morgan fingerprint density at radius 2 is 1.95 bits per heavy atom. The van der Waals surface area contributed by atoms with Gasteiger partial charge in [0.1, 0.15) is 5.69 Å². The van der Waals surface area contributed by atoms with Crippen molar-refractivity contribution in [3.8, 4) is 5.69 Å². The van der Waals surface area contributed by atoms with Gasteiger partial charge in [-0.1, -0.05) is 0 Å². The third-order valence-electron chi connectivity index (χ3n) is 2.86. The van der Waals surface area contributed by atoms with Crippen LogP contribution < -0.4 is 0 Å². The van der Waals surface area contributed by atoms with E-state index >= 15 is 0 Å². The Morgan fingerprint density at radius 3 is 2.57 bits per heavy atom. The van der Waals surface area contributed by atoms with Crippen LogP contribution in [0.25, 0.3) is 5.69 Å². The number of hydrogen-bond donors (Lipinski definition) is 2. The molecule has 5 nitrogen and oxygen atoms in total. The lowest BCUT2D eigenvalue weighted by molar-refractivity contribution is 0.0688. The summed E-state index contributed by atoms with van der Waals surface area (Å²) in [6.45, 7) is -0.149. The van der Waals surface area contributed by atoms with Crippen molar-refractivity contribution in [1.82, 2.24) is 9.78 Å². The van der Waals surface area contributed by atoms with Gasteiger partial charge in [-0.25, -0.2) is 22.6 Å². The number of rotatable bonds is 5. The fraction of sp³-hybridized carbons (Fsp3) is 0.231. The highest BCUT2D eigenvalue weighted by Gasteiger charge is 2.20. The van der Waals surface area contributed by atoms with E-state index < -0.39 is 29.1 Å². The Balaban J connectivity index is 2.50. The van der Waals surface area contributed by atoms with E-state index in [1.165, 1.54) is 6.20 Å². The van der Waals surface area contributed by atoms with E-state index in [9.17, 15) is 18.0 Å². The smallest absolute Gasteiger partial charge is 0.356 e. The average molecular weight is 300 g/mol. The highest BCUT2D eigenvalue weighted by molar-refractivity contribution is 5.87. The number of aromatic nitrogens is 2. The van der Waals surface area contributed by atoms with Gasteiger partial charge in [-0.2, -0.15) is 5.10 Å². The van der Waals surface area contributed by atoms with Gasteiger partial charge < -0.3 is 10.2 Å². The molecule has 0 fully saturated rings. The maximum atomic E-state index is 13.7. The molecule has 0 aliphatic rings. The van der Waals surface area contributed by atoms with Gasteiger partial charge in [0, 0.05) is 18.4 Å². The summed E-state index contributed by atoms with van der Waals surface area (Å²) in [5.41, 5.74) is -0.458. The summed E-state index contributed by atoms with van der Waals surface area (Å²) in [5, 5.41) is 21.5. The average Bonchev–Trinajstić information content (AvgIpc) is 2.87. The van der Waals surface area contributed by atoms with Crippen LogP contribution in [0.2, 0.25) is 0 Å². The maximum absolute atomic E-state index is 13.7. The van der Waals surface area contributed by atoms with Crippen LogP contribution >= 0.6 is 0 Å². The van der Waals surface area contributed by atoms with Gasteiger partial charge >= 0.3 is 5.97 Å². The summed E-state index contributed by atoms with van der Waals surface area (Å²) in [7, 11) is 0. The van der Waals surface area contributed by atoms with E-state index in [1.54, 1.807) is 0 Å². The first-order chi connectivity index (χ1) is 9.95. The van der Waals surface area contributed by atoms with E-state index in [4.69, 9.17) is 10.2 Å². The largest absolute Gasteiger partial charge is 0.476 e. The van der Waals surface area contributed by atoms with Crippen molar-refractivity contribution in [3.05, 3.63) is 47.0 Å². The second-order valence-corrected chi connectivity index (χ2v) is 4.27. The number of carboxylic acid groups (broad SMARTS) is 1. The lowest BCUT2D eigenvalue weighted by atomic mass is 10.1.